The van der Waals surface area contributed by atoms with Crippen molar-refractivity contribution in [1.29, 1.82) is 0 Å². The van der Waals surface area contributed by atoms with E-state index in [4.69, 9.17) is 0 Å². The minimum atomic E-state index is -0.912. The molecule has 0 aliphatic carbocycles. The monoisotopic (exact) mass is 317 g/mol. The number of benzene rings is 1. The maximum absolute atomic E-state index is 13.6. The van der Waals surface area contributed by atoms with E-state index in [2.05, 4.69) is 4.98 Å². The molecule has 0 fully saturated rings. The first-order chi connectivity index (χ1) is 11.0. The highest BCUT2D eigenvalue weighted by Gasteiger charge is 2.20. The van der Waals surface area contributed by atoms with Crippen LogP contribution < -0.4 is 0 Å². The van der Waals surface area contributed by atoms with Gasteiger partial charge in [-0.15, -0.1) is 0 Å². The number of hydrogen-bond donors (Lipinski definition) is 1. The summed E-state index contributed by atoms with van der Waals surface area (Å²) in [6.45, 7) is 1.81. The van der Waals surface area contributed by atoms with Gasteiger partial charge in [-0.2, -0.15) is 0 Å². The maximum Gasteiger partial charge on any atom is 0.159 e. The lowest BCUT2D eigenvalue weighted by Gasteiger charge is -2.16. The first-order valence-electron chi connectivity index (χ1n) is 7.27. The summed E-state index contributed by atoms with van der Waals surface area (Å²) in [6, 6.07) is 7.35. The molecule has 120 valence electrons. The molecule has 0 aliphatic rings. The number of hydrogen-bond acceptors (Lipinski definition) is 2. The third kappa shape index (κ3) is 2.66. The summed E-state index contributed by atoms with van der Waals surface area (Å²) < 4.78 is 30.6. The van der Waals surface area contributed by atoms with Crippen LogP contribution in [-0.2, 0) is 7.05 Å². The van der Waals surface area contributed by atoms with Crippen LogP contribution in [0.3, 0.4) is 0 Å². The van der Waals surface area contributed by atoms with E-state index in [1.165, 1.54) is 6.07 Å². The Morgan fingerprint density at radius 2 is 2.00 bits per heavy atom. The normalized spacial score (nSPS) is 12.6. The molecule has 0 saturated heterocycles. The molecule has 0 spiro atoms. The Morgan fingerprint density at radius 1 is 1.22 bits per heavy atom. The Hall–Kier alpha value is -2.47. The predicted octanol–water partition coefficient (Wildman–Crippen LogP) is 3.39. The zero-order chi connectivity index (χ0) is 16.6. The second kappa shape index (κ2) is 5.96. The van der Waals surface area contributed by atoms with Crippen LogP contribution >= 0.6 is 0 Å². The van der Waals surface area contributed by atoms with E-state index in [9.17, 15) is 13.9 Å². The van der Waals surface area contributed by atoms with Crippen LogP contribution in [0.2, 0.25) is 0 Å². The smallest absolute Gasteiger partial charge is 0.159 e. The van der Waals surface area contributed by atoms with E-state index in [1.807, 2.05) is 41.4 Å². The number of imidazole rings is 1. The predicted molar refractivity (Wildman–Crippen MR) is 83.8 cm³/mol. The highest BCUT2D eigenvalue weighted by molar-refractivity contribution is 5.77. The second-order valence-electron chi connectivity index (χ2n) is 5.51. The summed E-state index contributed by atoms with van der Waals surface area (Å²) in [5.74, 6) is -1.80. The van der Waals surface area contributed by atoms with Gasteiger partial charge in [-0.1, -0.05) is 0 Å². The zero-order valence-corrected chi connectivity index (χ0v) is 12.9. The van der Waals surface area contributed by atoms with Crippen molar-refractivity contribution in [2.75, 3.05) is 6.61 Å². The molecule has 0 aliphatic heterocycles. The molecule has 1 N–H and O–H groups in total. The Morgan fingerprint density at radius 3 is 2.61 bits per heavy atom. The van der Waals surface area contributed by atoms with Crippen LogP contribution in [0.15, 0.2) is 42.9 Å². The van der Waals surface area contributed by atoms with Gasteiger partial charge in [-0.05, 0) is 37.3 Å². The van der Waals surface area contributed by atoms with E-state index in [-0.39, 0.29) is 12.6 Å². The summed E-state index contributed by atoms with van der Waals surface area (Å²) in [5.41, 5.74) is 2.67. The van der Waals surface area contributed by atoms with Gasteiger partial charge < -0.3 is 14.2 Å². The van der Waals surface area contributed by atoms with Gasteiger partial charge in [0.05, 0.1) is 36.1 Å². The Balaban J connectivity index is 2.23. The van der Waals surface area contributed by atoms with E-state index in [0.717, 1.165) is 23.5 Å². The molecule has 1 unspecified atom stereocenters. The Kier molecular flexibility index (Phi) is 4.00. The average Bonchev–Trinajstić information content (AvgIpc) is 3.15. The highest BCUT2D eigenvalue weighted by atomic mass is 19.2. The molecule has 2 aromatic heterocycles. The standard InChI is InChI=1S/C17H17F2N3O/c1-11(9-23)22-10-20-16(12-5-6-13(18)14(19)8-12)17(22)15-4-3-7-21(15)2/h3-8,10-11,23H,9H2,1-2H3. The summed E-state index contributed by atoms with van der Waals surface area (Å²) in [6.07, 6.45) is 3.51. The van der Waals surface area contributed by atoms with Crippen molar-refractivity contribution in [2.24, 2.45) is 7.05 Å². The van der Waals surface area contributed by atoms with Crippen LogP contribution in [0, 0.1) is 11.6 Å². The SMILES string of the molecule is CC(CO)n1cnc(-c2ccc(F)c(F)c2)c1-c1cccn1C. The molecular weight excluding hydrogens is 300 g/mol. The summed E-state index contributed by atoms with van der Waals surface area (Å²) in [7, 11) is 1.89. The van der Waals surface area contributed by atoms with Crippen LogP contribution in [0.4, 0.5) is 8.78 Å². The van der Waals surface area contributed by atoms with Crippen LogP contribution in [-0.4, -0.2) is 25.8 Å². The lowest BCUT2D eigenvalue weighted by atomic mass is 10.1. The van der Waals surface area contributed by atoms with Crippen molar-refractivity contribution in [2.45, 2.75) is 13.0 Å². The second-order valence-corrected chi connectivity index (χ2v) is 5.51. The van der Waals surface area contributed by atoms with Gasteiger partial charge >= 0.3 is 0 Å². The van der Waals surface area contributed by atoms with Crippen molar-refractivity contribution < 1.29 is 13.9 Å². The summed E-state index contributed by atoms with van der Waals surface area (Å²) in [4.78, 5) is 4.37. The third-order valence-electron chi connectivity index (χ3n) is 3.91. The van der Waals surface area contributed by atoms with Crippen LogP contribution in [0.25, 0.3) is 22.6 Å². The van der Waals surface area contributed by atoms with E-state index in [1.54, 1.807) is 6.33 Å². The lowest BCUT2D eigenvalue weighted by Crippen LogP contribution is -2.10. The minimum absolute atomic E-state index is 0.0506. The van der Waals surface area contributed by atoms with Gasteiger partial charge in [-0.3, -0.25) is 0 Å². The Labute approximate surface area is 132 Å². The molecule has 3 rings (SSSR count). The molecule has 4 nitrogen and oxygen atoms in total. The first kappa shape index (κ1) is 15.4. The fourth-order valence-corrected chi connectivity index (χ4v) is 2.60. The van der Waals surface area contributed by atoms with Gasteiger partial charge in [0.2, 0.25) is 0 Å². The third-order valence-corrected chi connectivity index (χ3v) is 3.91. The maximum atomic E-state index is 13.6. The molecule has 0 saturated carbocycles. The molecule has 3 aromatic rings. The van der Waals surface area contributed by atoms with Crippen molar-refractivity contribution >= 4 is 0 Å². The summed E-state index contributed by atoms with van der Waals surface area (Å²) >= 11 is 0. The summed E-state index contributed by atoms with van der Waals surface area (Å²) in [5, 5.41) is 9.47. The number of aromatic nitrogens is 3. The van der Waals surface area contributed by atoms with Gasteiger partial charge in [0.15, 0.2) is 11.6 Å². The lowest BCUT2D eigenvalue weighted by molar-refractivity contribution is 0.239. The largest absolute Gasteiger partial charge is 0.394 e. The topological polar surface area (TPSA) is 43.0 Å². The fourth-order valence-electron chi connectivity index (χ4n) is 2.60. The van der Waals surface area contributed by atoms with E-state index >= 15 is 0 Å². The molecule has 6 heteroatoms. The molecule has 0 amide bonds. The number of nitrogens with zero attached hydrogens (tertiary/aromatic N) is 3. The minimum Gasteiger partial charge on any atom is -0.394 e. The van der Waals surface area contributed by atoms with Gasteiger partial charge in [0.25, 0.3) is 0 Å². The van der Waals surface area contributed by atoms with Crippen molar-refractivity contribution in [3.63, 3.8) is 0 Å². The fraction of sp³-hybridized carbons (Fsp3) is 0.235. The number of halogens is 2. The first-order valence-corrected chi connectivity index (χ1v) is 7.27. The molecule has 23 heavy (non-hydrogen) atoms. The molecule has 0 bridgehead atoms. The molecule has 0 radical (unpaired) electrons. The number of aryl methyl sites for hydroxylation is 1. The zero-order valence-electron chi connectivity index (χ0n) is 12.9. The van der Waals surface area contributed by atoms with Crippen molar-refractivity contribution in [3.05, 3.63) is 54.5 Å². The van der Waals surface area contributed by atoms with Gasteiger partial charge in [-0.25, -0.2) is 13.8 Å². The number of aliphatic hydroxyl groups is 1. The molecular formula is C17H17F2N3O. The molecule has 1 aromatic carbocycles. The van der Waals surface area contributed by atoms with Crippen molar-refractivity contribution in [3.8, 4) is 22.6 Å². The van der Waals surface area contributed by atoms with Crippen molar-refractivity contribution in [1.82, 2.24) is 14.1 Å². The molecule has 2 heterocycles. The number of rotatable bonds is 4. The molecule has 1 atom stereocenters. The Bertz CT molecular complexity index is 838. The quantitative estimate of drug-likeness (QED) is 0.801. The number of aliphatic hydroxyl groups excluding tert-OH is 1. The van der Waals surface area contributed by atoms with E-state index < -0.39 is 11.6 Å². The highest BCUT2D eigenvalue weighted by Crippen LogP contribution is 2.33. The average molecular weight is 317 g/mol. The van der Waals surface area contributed by atoms with Crippen LogP contribution in [0.5, 0.6) is 0 Å². The van der Waals surface area contributed by atoms with E-state index in [0.29, 0.717) is 11.3 Å². The van der Waals surface area contributed by atoms with Gasteiger partial charge in [0, 0.05) is 18.8 Å². The van der Waals surface area contributed by atoms with Gasteiger partial charge in [0.1, 0.15) is 0 Å². The van der Waals surface area contributed by atoms with Crippen LogP contribution in [0.1, 0.15) is 13.0 Å².